The van der Waals surface area contributed by atoms with Gasteiger partial charge in [0.1, 0.15) is 4.90 Å². The maximum Gasteiger partial charge on any atom is 0.244 e. The zero-order valence-electron chi connectivity index (χ0n) is 9.84. The van der Waals surface area contributed by atoms with Gasteiger partial charge in [-0.25, -0.2) is 8.42 Å². The Morgan fingerprint density at radius 1 is 1.50 bits per heavy atom. The van der Waals surface area contributed by atoms with E-state index in [4.69, 9.17) is 0 Å². The van der Waals surface area contributed by atoms with E-state index in [1.54, 1.807) is 12.3 Å². The van der Waals surface area contributed by atoms with Crippen LogP contribution >= 0.6 is 28.3 Å². The van der Waals surface area contributed by atoms with Crippen molar-refractivity contribution < 1.29 is 8.42 Å². The molecule has 2 rings (SSSR count). The predicted molar refractivity (Wildman–Crippen MR) is 75.4 cm³/mol. The van der Waals surface area contributed by atoms with Gasteiger partial charge < -0.3 is 5.32 Å². The van der Waals surface area contributed by atoms with Gasteiger partial charge in [0.2, 0.25) is 10.0 Å². The molecule has 1 N–H and O–H groups in total. The molecule has 1 unspecified atom stereocenters. The van der Waals surface area contributed by atoms with Crippen molar-refractivity contribution in [1.29, 1.82) is 0 Å². The van der Waals surface area contributed by atoms with Crippen molar-refractivity contribution in [2.75, 3.05) is 19.6 Å². The Bertz CT molecular complexity index is 512. The van der Waals surface area contributed by atoms with Crippen LogP contribution in [0.4, 0.5) is 0 Å². The summed E-state index contributed by atoms with van der Waals surface area (Å²) in [6, 6.07) is 1.55. The standard InChI is InChI=1S/C10H14BrN3O2S.ClH/c1-8-5-12-2-3-14(8)17(15,16)10-4-9(11)6-13-7-10;/h4,6-8,12H,2-3,5H2,1H3;1H. The van der Waals surface area contributed by atoms with E-state index in [0.29, 0.717) is 24.1 Å². The van der Waals surface area contributed by atoms with Crippen molar-refractivity contribution in [3.8, 4) is 0 Å². The molecule has 5 nitrogen and oxygen atoms in total. The lowest BCUT2D eigenvalue weighted by Crippen LogP contribution is -2.52. The maximum atomic E-state index is 12.4. The van der Waals surface area contributed by atoms with Crippen LogP contribution in [0.25, 0.3) is 0 Å². The van der Waals surface area contributed by atoms with Gasteiger partial charge in [-0.05, 0) is 28.9 Å². The normalized spacial score (nSPS) is 21.3. The number of nitrogens with one attached hydrogen (secondary N) is 1. The van der Waals surface area contributed by atoms with Crippen molar-refractivity contribution in [3.63, 3.8) is 0 Å². The van der Waals surface area contributed by atoms with E-state index in [-0.39, 0.29) is 23.3 Å². The van der Waals surface area contributed by atoms with E-state index in [1.165, 1.54) is 10.5 Å². The number of sulfonamides is 1. The first-order valence-electron chi connectivity index (χ1n) is 5.35. The van der Waals surface area contributed by atoms with Crippen molar-refractivity contribution in [3.05, 3.63) is 22.9 Å². The molecule has 1 saturated heterocycles. The fraction of sp³-hybridized carbons (Fsp3) is 0.500. The van der Waals surface area contributed by atoms with Crippen molar-refractivity contribution in [1.82, 2.24) is 14.6 Å². The van der Waals surface area contributed by atoms with E-state index >= 15 is 0 Å². The molecule has 0 radical (unpaired) electrons. The van der Waals surface area contributed by atoms with Crippen LogP contribution in [0.3, 0.4) is 0 Å². The van der Waals surface area contributed by atoms with Gasteiger partial charge in [-0.1, -0.05) is 0 Å². The highest BCUT2D eigenvalue weighted by molar-refractivity contribution is 9.10. The summed E-state index contributed by atoms with van der Waals surface area (Å²) < 4.78 is 27.0. The van der Waals surface area contributed by atoms with Crippen molar-refractivity contribution in [2.45, 2.75) is 17.9 Å². The molecule has 1 aliphatic heterocycles. The molecule has 1 fully saturated rings. The molecular formula is C10H15BrClN3O2S. The SMILES string of the molecule is CC1CNCCN1S(=O)(=O)c1cncc(Br)c1.Cl. The van der Waals surface area contributed by atoms with Crippen LogP contribution in [0.1, 0.15) is 6.92 Å². The van der Waals surface area contributed by atoms with Gasteiger partial charge in [0, 0.05) is 42.5 Å². The molecule has 102 valence electrons. The molecule has 0 bridgehead atoms. The van der Waals surface area contributed by atoms with Crippen molar-refractivity contribution >= 4 is 38.4 Å². The third-order valence-electron chi connectivity index (χ3n) is 2.73. The van der Waals surface area contributed by atoms with Crippen LogP contribution in [0.15, 0.2) is 27.8 Å². The summed E-state index contributed by atoms with van der Waals surface area (Å²) in [4.78, 5) is 4.14. The summed E-state index contributed by atoms with van der Waals surface area (Å²) in [5.74, 6) is 0. The molecule has 18 heavy (non-hydrogen) atoms. The number of hydrogen-bond donors (Lipinski definition) is 1. The second-order valence-electron chi connectivity index (χ2n) is 4.01. The Morgan fingerprint density at radius 2 is 2.22 bits per heavy atom. The molecule has 8 heteroatoms. The maximum absolute atomic E-state index is 12.4. The highest BCUT2D eigenvalue weighted by Gasteiger charge is 2.31. The number of piperazine rings is 1. The van der Waals surface area contributed by atoms with Crippen LogP contribution in [0, 0.1) is 0 Å². The number of rotatable bonds is 2. The van der Waals surface area contributed by atoms with Gasteiger partial charge in [0.15, 0.2) is 0 Å². The summed E-state index contributed by atoms with van der Waals surface area (Å²) in [5.41, 5.74) is 0. The van der Waals surface area contributed by atoms with E-state index in [9.17, 15) is 8.42 Å². The molecule has 0 amide bonds. The van der Waals surface area contributed by atoms with Gasteiger partial charge in [0.05, 0.1) is 0 Å². The molecule has 0 aromatic carbocycles. The fourth-order valence-corrected chi connectivity index (χ4v) is 3.99. The molecule has 0 spiro atoms. The summed E-state index contributed by atoms with van der Waals surface area (Å²) in [6.07, 6.45) is 2.95. The van der Waals surface area contributed by atoms with Crippen LogP contribution in [0.2, 0.25) is 0 Å². The van der Waals surface area contributed by atoms with E-state index < -0.39 is 10.0 Å². The van der Waals surface area contributed by atoms with Gasteiger partial charge in [-0.2, -0.15) is 4.31 Å². The number of pyridine rings is 1. The lowest BCUT2D eigenvalue weighted by Gasteiger charge is -2.32. The number of hydrogen-bond acceptors (Lipinski definition) is 4. The van der Waals surface area contributed by atoms with Gasteiger partial charge in [0.25, 0.3) is 0 Å². The lowest BCUT2D eigenvalue weighted by atomic mass is 10.3. The second kappa shape index (κ2) is 6.29. The third kappa shape index (κ3) is 3.21. The average molecular weight is 357 g/mol. The predicted octanol–water partition coefficient (Wildman–Crippen LogP) is 1.25. The largest absolute Gasteiger partial charge is 0.314 e. The Hall–Kier alpha value is -0.210. The topological polar surface area (TPSA) is 62.3 Å². The smallest absolute Gasteiger partial charge is 0.244 e. The Labute approximate surface area is 122 Å². The molecule has 2 heterocycles. The highest BCUT2D eigenvalue weighted by atomic mass is 79.9. The monoisotopic (exact) mass is 355 g/mol. The van der Waals surface area contributed by atoms with Gasteiger partial charge in [-0.3, -0.25) is 4.98 Å². The van der Waals surface area contributed by atoms with Crippen LogP contribution in [-0.4, -0.2) is 43.4 Å². The number of aromatic nitrogens is 1. The minimum atomic E-state index is -3.43. The number of halogens is 2. The Balaban J connectivity index is 0.00000162. The summed E-state index contributed by atoms with van der Waals surface area (Å²) in [7, 11) is -3.43. The minimum Gasteiger partial charge on any atom is -0.314 e. The third-order valence-corrected chi connectivity index (χ3v) is 5.14. The molecule has 0 saturated carbocycles. The van der Waals surface area contributed by atoms with Gasteiger partial charge in [-0.15, -0.1) is 12.4 Å². The van der Waals surface area contributed by atoms with E-state index in [2.05, 4.69) is 26.2 Å². The van der Waals surface area contributed by atoms with Gasteiger partial charge >= 0.3 is 0 Å². The van der Waals surface area contributed by atoms with Crippen LogP contribution < -0.4 is 5.32 Å². The molecule has 1 atom stereocenters. The van der Waals surface area contributed by atoms with Crippen LogP contribution in [-0.2, 0) is 10.0 Å². The summed E-state index contributed by atoms with van der Waals surface area (Å²) in [5, 5.41) is 3.17. The molecule has 1 aromatic rings. The second-order valence-corrected chi connectivity index (χ2v) is 6.81. The lowest BCUT2D eigenvalue weighted by molar-refractivity contribution is 0.284. The zero-order valence-corrected chi connectivity index (χ0v) is 13.1. The first kappa shape index (κ1) is 15.8. The first-order chi connectivity index (χ1) is 8.01. The Kier molecular flexibility index (Phi) is 5.54. The Morgan fingerprint density at radius 3 is 2.83 bits per heavy atom. The summed E-state index contributed by atoms with van der Waals surface area (Å²) >= 11 is 3.24. The molecule has 1 aromatic heterocycles. The van der Waals surface area contributed by atoms with E-state index in [1.807, 2.05) is 6.92 Å². The molecule has 1 aliphatic rings. The average Bonchev–Trinajstić information content (AvgIpc) is 2.29. The zero-order chi connectivity index (χ0) is 12.5. The molecular weight excluding hydrogens is 342 g/mol. The van der Waals surface area contributed by atoms with E-state index in [0.717, 1.165) is 0 Å². The summed E-state index contributed by atoms with van der Waals surface area (Å²) in [6.45, 7) is 3.76. The number of nitrogens with zero attached hydrogens (tertiary/aromatic N) is 2. The van der Waals surface area contributed by atoms with Crippen LogP contribution in [0.5, 0.6) is 0 Å². The first-order valence-corrected chi connectivity index (χ1v) is 7.58. The van der Waals surface area contributed by atoms with Crippen molar-refractivity contribution in [2.24, 2.45) is 0 Å². The minimum absolute atomic E-state index is 0. The fourth-order valence-electron chi connectivity index (χ4n) is 1.85. The molecule has 0 aliphatic carbocycles. The quantitative estimate of drug-likeness (QED) is 0.866. The highest BCUT2D eigenvalue weighted by Crippen LogP contribution is 2.21.